The Hall–Kier alpha value is -2.91. The van der Waals surface area contributed by atoms with Crippen LogP contribution in [0.2, 0.25) is 0 Å². The molecule has 0 fully saturated rings. The standard InChI is InChI=1S/C19H21N3O3/c1-12-9-15(23)11-20-16(12)18(24)22-17-13(2)8-14(10-21-17)6-7-19(3,4)25-5/h8-11,23H,1-5H3,(H,21,22,24). The van der Waals surface area contributed by atoms with E-state index in [4.69, 9.17) is 4.74 Å². The van der Waals surface area contributed by atoms with Crippen molar-refractivity contribution in [2.24, 2.45) is 0 Å². The van der Waals surface area contributed by atoms with Crippen molar-refractivity contribution in [1.82, 2.24) is 9.97 Å². The number of aromatic hydroxyl groups is 1. The summed E-state index contributed by atoms with van der Waals surface area (Å²) in [6, 6.07) is 3.33. The lowest BCUT2D eigenvalue weighted by Crippen LogP contribution is -2.19. The third-order valence-electron chi connectivity index (χ3n) is 3.61. The smallest absolute Gasteiger partial charge is 0.275 e. The first-order valence-electron chi connectivity index (χ1n) is 7.74. The van der Waals surface area contributed by atoms with Gasteiger partial charge in [0.2, 0.25) is 0 Å². The first-order chi connectivity index (χ1) is 11.7. The summed E-state index contributed by atoms with van der Waals surface area (Å²) in [4.78, 5) is 20.6. The summed E-state index contributed by atoms with van der Waals surface area (Å²) in [6.07, 6.45) is 2.83. The summed E-state index contributed by atoms with van der Waals surface area (Å²) < 4.78 is 5.26. The van der Waals surface area contributed by atoms with Crippen LogP contribution in [0.5, 0.6) is 5.75 Å². The lowest BCUT2D eigenvalue weighted by atomic mass is 10.1. The molecule has 2 heterocycles. The number of rotatable bonds is 3. The molecular formula is C19H21N3O3. The number of anilines is 1. The van der Waals surface area contributed by atoms with Crippen LogP contribution in [0.3, 0.4) is 0 Å². The third-order valence-corrected chi connectivity index (χ3v) is 3.61. The van der Waals surface area contributed by atoms with Crippen molar-refractivity contribution in [2.75, 3.05) is 12.4 Å². The van der Waals surface area contributed by atoms with Gasteiger partial charge in [-0.15, -0.1) is 0 Å². The van der Waals surface area contributed by atoms with Crippen LogP contribution in [0.1, 0.15) is 41.0 Å². The molecule has 6 heteroatoms. The Labute approximate surface area is 147 Å². The molecule has 0 atom stereocenters. The van der Waals surface area contributed by atoms with E-state index in [2.05, 4.69) is 27.1 Å². The van der Waals surface area contributed by atoms with Crippen molar-refractivity contribution in [1.29, 1.82) is 0 Å². The summed E-state index contributed by atoms with van der Waals surface area (Å²) in [7, 11) is 1.61. The molecule has 2 aromatic heterocycles. The zero-order valence-corrected chi connectivity index (χ0v) is 15.0. The molecule has 0 bridgehead atoms. The quantitative estimate of drug-likeness (QED) is 0.840. The van der Waals surface area contributed by atoms with Gasteiger partial charge in [-0.25, -0.2) is 9.97 Å². The van der Waals surface area contributed by atoms with Gasteiger partial charge in [-0.3, -0.25) is 4.79 Å². The fraction of sp³-hybridized carbons (Fsp3) is 0.316. The average Bonchev–Trinajstić information content (AvgIpc) is 2.55. The number of hydrogen-bond acceptors (Lipinski definition) is 5. The molecule has 0 spiro atoms. The number of nitrogens with one attached hydrogen (secondary N) is 1. The maximum absolute atomic E-state index is 12.3. The highest BCUT2D eigenvalue weighted by Crippen LogP contribution is 2.17. The van der Waals surface area contributed by atoms with Crippen molar-refractivity contribution < 1.29 is 14.6 Å². The number of carbonyl (C=O) groups is 1. The van der Waals surface area contributed by atoms with E-state index in [9.17, 15) is 9.90 Å². The predicted molar refractivity (Wildman–Crippen MR) is 95.5 cm³/mol. The van der Waals surface area contributed by atoms with Crippen molar-refractivity contribution in [3.63, 3.8) is 0 Å². The molecule has 25 heavy (non-hydrogen) atoms. The molecule has 0 aromatic carbocycles. The van der Waals surface area contributed by atoms with Gasteiger partial charge in [-0.2, -0.15) is 0 Å². The molecule has 0 aliphatic rings. The number of ether oxygens (including phenoxy) is 1. The topological polar surface area (TPSA) is 84.3 Å². The van der Waals surface area contributed by atoms with Crippen LogP contribution >= 0.6 is 0 Å². The van der Waals surface area contributed by atoms with Gasteiger partial charge in [0.1, 0.15) is 22.9 Å². The van der Waals surface area contributed by atoms with Crippen LogP contribution in [0.4, 0.5) is 5.82 Å². The van der Waals surface area contributed by atoms with E-state index >= 15 is 0 Å². The predicted octanol–water partition coefficient (Wildman–Crippen LogP) is 2.83. The van der Waals surface area contributed by atoms with Gasteiger partial charge >= 0.3 is 0 Å². The molecule has 0 saturated heterocycles. The molecule has 130 valence electrons. The highest BCUT2D eigenvalue weighted by Gasteiger charge is 2.14. The number of carbonyl (C=O) groups excluding carboxylic acids is 1. The Morgan fingerprint density at radius 3 is 2.52 bits per heavy atom. The Morgan fingerprint density at radius 2 is 1.92 bits per heavy atom. The van der Waals surface area contributed by atoms with Gasteiger partial charge < -0.3 is 15.2 Å². The lowest BCUT2D eigenvalue weighted by Gasteiger charge is -2.14. The molecule has 2 rings (SSSR count). The molecule has 1 amide bonds. The van der Waals surface area contributed by atoms with E-state index < -0.39 is 5.60 Å². The van der Waals surface area contributed by atoms with Crippen molar-refractivity contribution in [3.05, 3.63) is 46.9 Å². The molecule has 2 N–H and O–H groups in total. The summed E-state index contributed by atoms with van der Waals surface area (Å²) >= 11 is 0. The number of methoxy groups -OCH3 is 1. The first-order valence-corrected chi connectivity index (χ1v) is 7.74. The van der Waals surface area contributed by atoms with Gasteiger partial charge in [-0.1, -0.05) is 11.8 Å². The number of hydrogen-bond donors (Lipinski definition) is 2. The van der Waals surface area contributed by atoms with Crippen LogP contribution in [0, 0.1) is 25.7 Å². The van der Waals surface area contributed by atoms with E-state index in [1.54, 1.807) is 20.2 Å². The van der Waals surface area contributed by atoms with Crippen LogP contribution in [0.15, 0.2) is 24.5 Å². The Balaban J connectivity index is 2.20. The highest BCUT2D eigenvalue weighted by atomic mass is 16.5. The second-order valence-corrected chi connectivity index (χ2v) is 6.17. The lowest BCUT2D eigenvalue weighted by molar-refractivity contribution is 0.0741. The number of pyridine rings is 2. The molecule has 0 aliphatic heterocycles. The first kappa shape index (κ1) is 18.4. The highest BCUT2D eigenvalue weighted by molar-refractivity contribution is 6.03. The van der Waals surface area contributed by atoms with Gasteiger partial charge in [0.05, 0.1) is 6.20 Å². The van der Waals surface area contributed by atoms with Gasteiger partial charge in [0, 0.05) is 18.9 Å². The second kappa shape index (κ2) is 7.32. The summed E-state index contributed by atoms with van der Waals surface area (Å²) in [5.74, 6) is 6.11. The normalized spacial score (nSPS) is 10.8. The van der Waals surface area contributed by atoms with Gasteiger partial charge in [-0.05, 0) is 51.0 Å². The van der Waals surface area contributed by atoms with Crippen LogP contribution < -0.4 is 5.32 Å². The average molecular weight is 339 g/mol. The third kappa shape index (κ3) is 4.78. The number of amides is 1. The Bertz CT molecular complexity index is 864. The number of aryl methyl sites for hydroxylation is 2. The van der Waals surface area contributed by atoms with Crippen LogP contribution in [-0.2, 0) is 4.74 Å². The monoisotopic (exact) mass is 339 g/mol. The summed E-state index contributed by atoms with van der Waals surface area (Å²) in [6.45, 7) is 7.30. The zero-order valence-electron chi connectivity index (χ0n) is 15.0. The van der Waals surface area contributed by atoms with Gasteiger partial charge in [0.15, 0.2) is 0 Å². The molecule has 0 saturated carbocycles. The Kier molecular flexibility index (Phi) is 5.40. The fourth-order valence-electron chi connectivity index (χ4n) is 2.01. The van der Waals surface area contributed by atoms with Crippen molar-refractivity contribution >= 4 is 11.7 Å². The maximum atomic E-state index is 12.3. The molecule has 6 nitrogen and oxygen atoms in total. The summed E-state index contributed by atoms with van der Waals surface area (Å²) in [5, 5.41) is 12.1. The zero-order chi connectivity index (χ0) is 18.6. The van der Waals surface area contributed by atoms with Gasteiger partial charge in [0.25, 0.3) is 5.91 Å². The van der Waals surface area contributed by atoms with Crippen molar-refractivity contribution in [3.8, 4) is 17.6 Å². The number of nitrogens with zero attached hydrogens (tertiary/aromatic N) is 2. The van der Waals surface area contributed by atoms with E-state index in [0.29, 0.717) is 11.4 Å². The summed E-state index contributed by atoms with van der Waals surface area (Å²) in [5.41, 5.74) is 1.80. The second-order valence-electron chi connectivity index (χ2n) is 6.17. The molecule has 0 unspecified atom stereocenters. The molecule has 0 radical (unpaired) electrons. The minimum Gasteiger partial charge on any atom is -0.506 e. The minimum absolute atomic E-state index is 0.0188. The van der Waals surface area contributed by atoms with E-state index in [-0.39, 0.29) is 17.4 Å². The largest absolute Gasteiger partial charge is 0.506 e. The fourth-order valence-corrected chi connectivity index (χ4v) is 2.01. The minimum atomic E-state index is -0.539. The van der Waals surface area contributed by atoms with Crippen LogP contribution in [0.25, 0.3) is 0 Å². The van der Waals surface area contributed by atoms with Crippen molar-refractivity contribution in [2.45, 2.75) is 33.3 Å². The maximum Gasteiger partial charge on any atom is 0.275 e. The molecule has 0 aliphatic carbocycles. The van der Waals surface area contributed by atoms with E-state index in [1.807, 2.05) is 26.8 Å². The van der Waals surface area contributed by atoms with E-state index in [1.165, 1.54) is 12.3 Å². The van der Waals surface area contributed by atoms with Crippen LogP contribution in [-0.4, -0.2) is 33.7 Å². The SMILES string of the molecule is COC(C)(C)C#Cc1cnc(NC(=O)c2ncc(O)cc2C)c(C)c1. The Morgan fingerprint density at radius 1 is 1.20 bits per heavy atom. The van der Waals surface area contributed by atoms with E-state index in [0.717, 1.165) is 11.1 Å². The molecule has 2 aromatic rings. The number of aromatic nitrogens is 2. The molecular weight excluding hydrogens is 318 g/mol.